The highest BCUT2D eigenvalue weighted by Gasteiger charge is 2.44. The van der Waals surface area contributed by atoms with Crippen LogP contribution in [0.4, 0.5) is 35.4 Å². The third kappa shape index (κ3) is 13.0. The van der Waals surface area contributed by atoms with Crippen LogP contribution in [0.15, 0.2) is 37.7 Å². The molecule has 30 nitrogen and oxygen atoms in total. The number of amides is 2. The zero-order chi connectivity index (χ0) is 57.0. The molecule has 2 amide bonds. The Morgan fingerprint density at radius 1 is 0.537 bits per heavy atom. The van der Waals surface area contributed by atoms with Crippen molar-refractivity contribution in [2.45, 2.75) is 150 Å². The van der Waals surface area contributed by atoms with Crippen LogP contribution in [0.2, 0.25) is 5.28 Å². The summed E-state index contributed by atoms with van der Waals surface area (Å²) in [7, 11) is 3.84. The van der Waals surface area contributed by atoms with Gasteiger partial charge in [-0.05, 0) is 82.2 Å². The number of nitrogens with one attached hydrogen (secondary N) is 8. The zero-order valence-corrected chi connectivity index (χ0v) is 46.2. The second-order valence-corrected chi connectivity index (χ2v) is 22.3. The smallest absolute Gasteiger partial charge is 0.246 e. The molecule has 7 aromatic rings. The zero-order valence-electron chi connectivity index (χ0n) is 45.5. The third-order valence-corrected chi connectivity index (χ3v) is 16.1. The number of hydrogen-bond acceptors (Lipinski definition) is 24. The Bertz CT molecular complexity index is 3340. The van der Waals surface area contributed by atoms with E-state index in [1.54, 1.807) is 29.9 Å². The minimum Gasteiger partial charge on any atom is -0.391 e. The SMILES string of the molecule is Cn1cnc(CCNc2nc(N[C@H]3CC[C@H](Nc4nc(Cl)nc(N[C@H]5CC[C@H](Nc6nc(NCCc7cn(C)cn7)nc7c6ncn7[C@@H]6C[C@H](NC(=O)CO)C[C@H]6O)CC5)n4)CC3)c3ncn([C@@H]4C[C@H](NC(=O)CO)[C@@H](O)[C@H]4O)c3n2)c1. The summed E-state index contributed by atoms with van der Waals surface area (Å²) < 4.78 is 7.35. The number of imidazole rings is 4. The van der Waals surface area contributed by atoms with Gasteiger partial charge in [-0.15, -0.1) is 0 Å². The van der Waals surface area contributed by atoms with Crippen LogP contribution >= 0.6 is 11.6 Å². The fraction of sp³-hybridized carbons (Fsp3) is 0.588. The fourth-order valence-electron chi connectivity index (χ4n) is 11.8. The van der Waals surface area contributed by atoms with Gasteiger partial charge in [-0.3, -0.25) is 9.59 Å². The summed E-state index contributed by atoms with van der Waals surface area (Å²) in [6.07, 6.45) is 15.9. The van der Waals surface area contributed by atoms with Crippen LogP contribution in [0.3, 0.4) is 0 Å². The van der Waals surface area contributed by atoms with Crippen molar-refractivity contribution < 1.29 is 35.1 Å². The van der Waals surface area contributed by atoms with Crippen molar-refractivity contribution >= 4 is 81.2 Å². The van der Waals surface area contributed by atoms with Gasteiger partial charge in [0.15, 0.2) is 34.0 Å². The Morgan fingerprint density at radius 2 is 1.01 bits per heavy atom. The summed E-state index contributed by atoms with van der Waals surface area (Å²) in [6.45, 7) is -0.333. The molecule has 11 rings (SSSR count). The maximum atomic E-state index is 12.0. The number of nitrogens with zero attached hydrogens (tertiary/aromatic N) is 15. The number of aliphatic hydroxyl groups excluding tert-OH is 5. The number of hydrogen-bond donors (Lipinski definition) is 13. The average molecular weight is 1150 g/mol. The Labute approximate surface area is 475 Å². The van der Waals surface area contributed by atoms with Crippen LogP contribution in [-0.2, 0) is 36.5 Å². The lowest BCUT2D eigenvalue weighted by Crippen LogP contribution is -2.44. The van der Waals surface area contributed by atoms with Crippen LogP contribution in [0.25, 0.3) is 22.3 Å². The molecule has 7 atom stereocenters. The number of halogens is 1. The standard InChI is InChI=1S/C51H70ClN23O7/c1-72-18-30(55-22-72)11-13-53-48-65-43(39-45(67-48)74(24-57-39)34-15-32(16-36(34)78)59-37(79)20-76)60-26-3-7-28(8-4-26)62-50-69-47(52)70-51(71-50)63-29-9-5-27(6-10-29)61-44-40-46(68-49(66-44)54-14-12-31-19-73(2)23-56-31)75(25-58-40)35-17-33(41(81)42(35)82)64-38(80)21-77/h18-19,22-29,32-36,41-42,76-78,81-82H,3-17,20-21H2,1-2H3,(H,59,79)(H,64,80)(H2,53,60,65,67)(H2,54,61,66,68)(H2,62,63,69,70,71)/t26-,27-,28-,29-,32-,33-,34+,35+,36+,41+,42-/m0/s1. The van der Waals surface area contributed by atoms with Gasteiger partial charge in [-0.1, -0.05) is 0 Å². The maximum absolute atomic E-state index is 12.0. The van der Waals surface area contributed by atoms with Crippen molar-refractivity contribution in [1.82, 2.24) is 83.7 Å². The van der Waals surface area contributed by atoms with Crippen LogP contribution in [0.1, 0.15) is 94.1 Å². The lowest BCUT2D eigenvalue weighted by molar-refractivity contribution is -0.125. The molecule has 0 unspecified atom stereocenters. The summed E-state index contributed by atoms with van der Waals surface area (Å²) in [6, 6.07) is -1.99. The molecule has 0 bridgehead atoms. The first kappa shape index (κ1) is 56.2. The molecule has 438 valence electrons. The Balaban J connectivity index is 0.707. The molecule has 7 aromatic heterocycles. The van der Waals surface area contributed by atoms with Crippen LogP contribution in [0.5, 0.6) is 0 Å². The van der Waals surface area contributed by atoms with Crippen LogP contribution in [-0.4, -0.2) is 191 Å². The highest BCUT2D eigenvalue weighted by atomic mass is 35.5. The van der Waals surface area contributed by atoms with E-state index in [0.717, 1.165) is 62.8 Å². The number of aryl methyl sites for hydroxylation is 2. The molecule has 0 aromatic carbocycles. The highest BCUT2D eigenvalue weighted by Crippen LogP contribution is 2.37. The van der Waals surface area contributed by atoms with E-state index in [4.69, 9.17) is 46.5 Å². The molecule has 4 saturated carbocycles. The van der Waals surface area contributed by atoms with E-state index in [1.807, 2.05) is 40.2 Å². The predicted octanol–water partition coefficient (Wildman–Crippen LogP) is 0.568. The first-order valence-electron chi connectivity index (χ1n) is 27.9. The number of rotatable bonds is 22. The Kier molecular flexibility index (Phi) is 17.0. The van der Waals surface area contributed by atoms with Gasteiger partial charge in [0.25, 0.3) is 0 Å². The maximum Gasteiger partial charge on any atom is 0.246 e. The fourth-order valence-corrected chi connectivity index (χ4v) is 12.0. The first-order valence-corrected chi connectivity index (χ1v) is 28.3. The molecule has 4 aliphatic carbocycles. The Hall–Kier alpha value is -7.64. The number of anilines is 6. The monoisotopic (exact) mass is 1150 g/mol. The van der Waals surface area contributed by atoms with E-state index >= 15 is 0 Å². The largest absolute Gasteiger partial charge is 0.391 e. The molecule has 0 aliphatic heterocycles. The molecule has 13 N–H and O–H groups in total. The average Bonchev–Trinajstić information content (AvgIpc) is 4.07. The normalized spacial score (nSPS) is 25.5. The number of aromatic nitrogens is 15. The minimum atomic E-state index is -1.27. The van der Waals surface area contributed by atoms with E-state index in [0.29, 0.717) is 96.5 Å². The summed E-state index contributed by atoms with van der Waals surface area (Å²) in [5.41, 5.74) is 3.87. The first-order chi connectivity index (χ1) is 39.7. The molecule has 4 fully saturated rings. The van der Waals surface area contributed by atoms with Gasteiger partial charge < -0.3 is 86.3 Å². The van der Waals surface area contributed by atoms with E-state index < -0.39 is 61.5 Å². The number of carbonyl (C=O) groups is 2. The molecule has 7 heterocycles. The van der Waals surface area contributed by atoms with E-state index in [9.17, 15) is 35.1 Å². The minimum absolute atomic E-state index is 0.0246. The van der Waals surface area contributed by atoms with Crippen molar-refractivity contribution in [3.8, 4) is 0 Å². The lowest BCUT2D eigenvalue weighted by Gasteiger charge is -2.31. The van der Waals surface area contributed by atoms with Gasteiger partial charge in [-0.25, -0.2) is 19.9 Å². The van der Waals surface area contributed by atoms with Gasteiger partial charge in [0.2, 0.25) is 40.9 Å². The lowest BCUT2D eigenvalue weighted by atomic mass is 9.91. The van der Waals surface area contributed by atoms with Gasteiger partial charge in [0.05, 0.1) is 60.9 Å². The predicted molar refractivity (Wildman–Crippen MR) is 301 cm³/mol. The van der Waals surface area contributed by atoms with Crippen molar-refractivity contribution in [3.63, 3.8) is 0 Å². The summed E-state index contributed by atoms with van der Waals surface area (Å²) in [5.74, 6) is 1.46. The van der Waals surface area contributed by atoms with E-state index in [1.165, 1.54) is 0 Å². The summed E-state index contributed by atoms with van der Waals surface area (Å²) >= 11 is 6.52. The molecule has 31 heteroatoms. The molecule has 4 aliphatic rings. The van der Waals surface area contributed by atoms with E-state index in [2.05, 4.69) is 62.5 Å². The topological polar surface area (TPSA) is 393 Å². The number of carbonyl (C=O) groups excluding carboxylic acids is 2. The Morgan fingerprint density at radius 3 is 1.49 bits per heavy atom. The third-order valence-electron chi connectivity index (χ3n) is 16.0. The van der Waals surface area contributed by atoms with Gasteiger partial charge in [-0.2, -0.15) is 34.9 Å². The summed E-state index contributed by atoms with van der Waals surface area (Å²) in [4.78, 5) is 75.4. The van der Waals surface area contributed by atoms with Gasteiger partial charge in [0, 0.05) is 82.6 Å². The summed E-state index contributed by atoms with van der Waals surface area (Å²) in [5, 5.41) is 78.2. The second kappa shape index (κ2) is 24.8. The van der Waals surface area contributed by atoms with Crippen molar-refractivity contribution in [2.75, 3.05) is 58.2 Å². The molecule has 0 spiro atoms. The molecular weight excluding hydrogens is 1080 g/mol. The highest BCUT2D eigenvalue weighted by molar-refractivity contribution is 6.28. The van der Waals surface area contributed by atoms with Crippen LogP contribution in [0, 0.1) is 0 Å². The molecule has 82 heavy (non-hydrogen) atoms. The van der Waals surface area contributed by atoms with E-state index in [-0.39, 0.29) is 41.9 Å². The van der Waals surface area contributed by atoms with Gasteiger partial charge in [0.1, 0.15) is 25.4 Å². The molecule has 0 radical (unpaired) electrons. The number of fused-ring (bicyclic) bond motifs is 2. The van der Waals surface area contributed by atoms with Crippen LogP contribution < -0.4 is 42.5 Å². The molecule has 0 saturated heterocycles. The van der Waals surface area contributed by atoms with Crippen molar-refractivity contribution in [3.05, 3.63) is 54.4 Å². The molecular formula is C51H70ClN23O7. The number of aliphatic hydroxyl groups is 5. The quantitative estimate of drug-likeness (QED) is 0.0441. The second-order valence-electron chi connectivity index (χ2n) is 21.9. The van der Waals surface area contributed by atoms with Crippen molar-refractivity contribution in [2.24, 2.45) is 14.1 Å². The van der Waals surface area contributed by atoms with Crippen molar-refractivity contribution in [1.29, 1.82) is 0 Å². The van der Waals surface area contributed by atoms with Gasteiger partial charge >= 0.3 is 0 Å².